The van der Waals surface area contributed by atoms with Crippen LogP contribution in [0.25, 0.3) is 0 Å². The van der Waals surface area contributed by atoms with Gasteiger partial charge in [-0.25, -0.2) is 9.78 Å². The molecule has 0 aromatic carbocycles. The third-order valence-corrected chi connectivity index (χ3v) is 3.68. The van der Waals surface area contributed by atoms with Crippen LogP contribution < -0.4 is 4.90 Å². The second-order valence-corrected chi connectivity index (χ2v) is 5.27. The Labute approximate surface area is 112 Å². The lowest BCUT2D eigenvalue weighted by atomic mass is 9.97. The van der Waals surface area contributed by atoms with Crippen LogP contribution in [0.1, 0.15) is 43.5 Å². The fourth-order valence-electron chi connectivity index (χ4n) is 2.61. The third kappa shape index (κ3) is 2.58. The zero-order chi connectivity index (χ0) is 13.3. The molecule has 0 spiro atoms. The second-order valence-electron chi connectivity index (χ2n) is 4.88. The van der Waals surface area contributed by atoms with E-state index in [0.717, 1.165) is 12.8 Å². The van der Waals surface area contributed by atoms with Gasteiger partial charge < -0.3 is 10.0 Å². The van der Waals surface area contributed by atoms with E-state index >= 15 is 0 Å². The normalized spacial score (nSPS) is 24.1. The summed E-state index contributed by atoms with van der Waals surface area (Å²) in [5.74, 6) is -0.308. The van der Waals surface area contributed by atoms with Crippen molar-refractivity contribution in [3.8, 4) is 0 Å². The Bertz CT molecular complexity index is 454. The maximum Gasteiger partial charge on any atom is 0.335 e. The molecule has 1 aromatic rings. The highest BCUT2D eigenvalue weighted by atomic mass is 35.5. The monoisotopic (exact) mass is 268 g/mol. The average Bonchev–Trinajstić information content (AvgIpc) is 2.28. The molecule has 1 N–H and O–H groups in total. The van der Waals surface area contributed by atoms with Gasteiger partial charge in [-0.05, 0) is 45.2 Å². The Morgan fingerprint density at radius 1 is 1.39 bits per heavy atom. The molecule has 0 radical (unpaired) electrons. The van der Waals surface area contributed by atoms with Crippen LogP contribution in [0, 0.1) is 0 Å². The number of carboxylic acids is 1. The fraction of sp³-hybridized carbons (Fsp3) is 0.538. The van der Waals surface area contributed by atoms with Crippen LogP contribution in [0.2, 0.25) is 5.15 Å². The quantitative estimate of drug-likeness (QED) is 0.837. The molecule has 0 amide bonds. The second kappa shape index (κ2) is 5.14. The zero-order valence-electron chi connectivity index (χ0n) is 10.6. The van der Waals surface area contributed by atoms with Crippen molar-refractivity contribution in [2.24, 2.45) is 0 Å². The van der Waals surface area contributed by atoms with Crippen LogP contribution in [0.5, 0.6) is 0 Å². The molecule has 2 heterocycles. The number of pyridine rings is 1. The third-order valence-electron chi connectivity index (χ3n) is 3.49. The molecule has 1 aromatic heterocycles. The van der Waals surface area contributed by atoms with Gasteiger partial charge in [0.1, 0.15) is 11.0 Å². The molecule has 2 unspecified atom stereocenters. The Morgan fingerprint density at radius 3 is 2.56 bits per heavy atom. The van der Waals surface area contributed by atoms with Gasteiger partial charge in [0.05, 0.1) is 5.56 Å². The van der Waals surface area contributed by atoms with Crippen molar-refractivity contribution < 1.29 is 9.90 Å². The molecule has 18 heavy (non-hydrogen) atoms. The van der Waals surface area contributed by atoms with Crippen molar-refractivity contribution in [2.75, 3.05) is 4.90 Å². The standard InChI is InChI=1S/C13H17ClN2O2/c1-8-4-3-5-9(2)16(8)12-7-10(13(17)18)6-11(14)15-12/h6-9H,3-5H2,1-2H3,(H,17,18). The number of halogens is 1. The van der Waals surface area contributed by atoms with Gasteiger partial charge in [-0.1, -0.05) is 11.6 Å². The van der Waals surface area contributed by atoms with E-state index in [4.69, 9.17) is 16.7 Å². The number of hydrogen-bond acceptors (Lipinski definition) is 3. The molecule has 0 aliphatic carbocycles. The van der Waals surface area contributed by atoms with Crippen LogP contribution in [0.4, 0.5) is 5.82 Å². The zero-order valence-corrected chi connectivity index (χ0v) is 11.3. The molecule has 1 aliphatic rings. The number of carbonyl (C=O) groups is 1. The minimum atomic E-state index is -0.974. The molecule has 0 saturated carbocycles. The summed E-state index contributed by atoms with van der Waals surface area (Å²) in [5.41, 5.74) is 0.190. The summed E-state index contributed by atoms with van der Waals surface area (Å²) >= 11 is 5.91. The lowest BCUT2D eigenvalue weighted by Crippen LogP contribution is -2.44. The van der Waals surface area contributed by atoms with Crippen molar-refractivity contribution in [3.63, 3.8) is 0 Å². The van der Waals surface area contributed by atoms with E-state index in [1.807, 2.05) is 0 Å². The van der Waals surface area contributed by atoms with Crippen molar-refractivity contribution >= 4 is 23.4 Å². The molecule has 1 aliphatic heterocycles. The lowest BCUT2D eigenvalue weighted by Gasteiger charge is -2.40. The number of piperidine rings is 1. The highest BCUT2D eigenvalue weighted by molar-refractivity contribution is 6.29. The Morgan fingerprint density at radius 2 is 2.00 bits per heavy atom. The summed E-state index contributed by atoms with van der Waals surface area (Å²) in [6.45, 7) is 4.28. The fourth-order valence-corrected chi connectivity index (χ4v) is 2.82. The van der Waals surface area contributed by atoms with Crippen molar-refractivity contribution in [2.45, 2.75) is 45.2 Å². The van der Waals surface area contributed by atoms with E-state index < -0.39 is 5.97 Å². The molecular weight excluding hydrogens is 252 g/mol. The number of hydrogen-bond donors (Lipinski definition) is 1. The van der Waals surface area contributed by atoms with Crippen LogP contribution in [-0.2, 0) is 0 Å². The summed E-state index contributed by atoms with van der Waals surface area (Å²) in [7, 11) is 0. The van der Waals surface area contributed by atoms with E-state index in [1.54, 1.807) is 6.07 Å². The van der Waals surface area contributed by atoms with Gasteiger partial charge in [-0.2, -0.15) is 0 Å². The van der Waals surface area contributed by atoms with Gasteiger partial charge in [0, 0.05) is 12.1 Å². The number of aromatic carboxylic acids is 1. The van der Waals surface area contributed by atoms with Crippen LogP contribution in [0.3, 0.4) is 0 Å². The maximum absolute atomic E-state index is 11.0. The molecule has 5 heteroatoms. The average molecular weight is 269 g/mol. The highest BCUT2D eigenvalue weighted by Gasteiger charge is 2.26. The molecule has 0 bridgehead atoms. The first-order chi connectivity index (χ1) is 8.49. The Hall–Kier alpha value is -1.29. The molecule has 4 nitrogen and oxygen atoms in total. The summed E-state index contributed by atoms with van der Waals surface area (Å²) in [5, 5.41) is 9.29. The van der Waals surface area contributed by atoms with Gasteiger partial charge >= 0.3 is 5.97 Å². The Kier molecular flexibility index (Phi) is 3.76. The Balaban J connectivity index is 2.39. The van der Waals surface area contributed by atoms with Gasteiger partial charge in [-0.15, -0.1) is 0 Å². The molecule has 98 valence electrons. The van der Waals surface area contributed by atoms with Crippen LogP contribution >= 0.6 is 11.6 Å². The van der Waals surface area contributed by atoms with Crippen molar-refractivity contribution in [3.05, 3.63) is 22.8 Å². The van der Waals surface area contributed by atoms with Gasteiger partial charge in [0.15, 0.2) is 0 Å². The summed E-state index contributed by atoms with van der Waals surface area (Å²) in [6, 6.07) is 3.71. The number of anilines is 1. The first-order valence-electron chi connectivity index (χ1n) is 6.18. The number of carboxylic acid groups (broad SMARTS) is 1. The first-order valence-corrected chi connectivity index (χ1v) is 6.56. The van der Waals surface area contributed by atoms with Gasteiger partial charge in [-0.3, -0.25) is 0 Å². The molecule has 2 atom stereocenters. The summed E-state index contributed by atoms with van der Waals surface area (Å²) in [4.78, 5) is 17.5. The predicted molar refractivity (Wildman–Crippen MR) is 71.5 cm³/mol. The topological polar surface area (TPSA) is 53.4 Å². The number of nitrogens with zero attached hydrogens (tertiary/aromatic N) is 2. The minimum absolute atomic E-state index is 0.190. The highest BCUT2D eigenvalue weighted by Crippen LogP contribution is 2.29. The molecular formula is C13H17ClN2O2. The lowest BCUT2D eigenvalue weighted by molar-refractivity contribution is 0.0696. The van der Waals surface area contributed by atoms with E-state index in [1.165, 1.54) is 12.5 Å². The van der Waals surface area contributed by atoms with Crippen LogP contribution in [-0.4, -0.2) is 28.1 Å². The smallest absolute Gasteiger partial charge is 0.335 e. The van der Waals surface area contributed by atoms with E-state index in [0.29, 0.717) is 17.9 Å². The van der Waals surface area contributed by atoms with Crippen molar-refractivity contribution in [1.29, 1.82) is 0 Å². The minimum Gasteiger partial charge on any atom is -0.478 e. The predicted octanol–water partition coefficient (Wildman–Crippen LogP) is 3.20. The van der Waals surface area contributed by atoms with Gasteiger partial charge in [0.2, 0.25) is 0 Å². The first kappa shape index (κ1) is 13.1. The largest absolute Gasteiger partial charge is 0.478 e. The maximum atomic E-state index is 11.0. The van der Waals surface area contributed by atoms with Crippen molar-refractivity contribution in [1.82, 2.24) is 4.98 Å². The number of rotatable bonds is 2. The summed E-state index contributed by atoms with van der Waals surface area (Å²) < 4.78 is 0. The van der Waals surface area contributed by atoms with E-state index in [2.05, 4.69) is 23.7 Å². The number of aromatic nitrogens is 1. The SMILES string of the molecule is CC1CCCC(C)N1c1cc(C(=O)O)cc(Cl)n1. The molecule has 1 saturated heterocycles. The van der Waals surface area contributed by atoms with Gasteiger partial charge in [0.25, 0.3) is 0 Å². The van der Waals surface area contributed by atoms with E-state index in [9.17, 15) is 4.79 Å². The molecule has 2 rings (SSSR count). The summed E-state index contributed by atoms with van der Waals surface area (Å²) in [6.07, 6.45) is 3.40. The van der Waals surface area contributed by atoms with E-state index in [-0.39, 0.29) is 10.7 Å². The molecule has 1 fully saturated rings. The van der Waals surface area contributed by atoms with Crippen LogP contribution in [0.15, 0.2) is 12.1 Å².